The van der Waals surface area contributed by atoms with E-state index in [2.05, 4.69) is 10.6 Å². The van der Waals surface area contributed by atoms with Crippen LogP contribution in [0.4, 0.5) is 10.5 Å². The summed E-state index contributed by atoms with van der Waals surface area (Å²) in [6, 6.07) is 6.82. The average Bonchev–Trinajstić information content (AvgIpc) is 2.82. The van der Waals surface area contributed by atoms with Gasteiger partial charge in [-0.25, -0.2) is 9.59 Å². The van der Waals surface area contributed by atoms with Crippen LogP contribution in [0.3, 0.4) is 0 Å². The van der Waals surface area contributed by atoms with Gasteiger partial charge in [-0.15, -0.1) is 0 Å². The molecule has 0 aliphatic carbocycles. The zero-order valence-electron chi connectivity index (χ0n) is 11.2. The Balaban J connectivity index is 1.93. The summed E-state index contributed by atoms with van der Waals surface area (Å²) < 4.78 is 5.30. The highest BCUT2D eigenvalue weighted by atomic mass is 16.4. The van der Waals surface area contributed by atoms with Crippen LogP contribution in [-0.2, 0) is 6.54 Å². The van der Waals surface area contributed by atoms with Crippen LogP contribution in [0.25, 0.3) is 0 Å². The number of amides is 2. The number of carbonyl (C=O) groups excluding carboxylic acids is 1. The molecular weight excluding hydrogens is 276 g/mol. The first-order valence-electron chi connectivity index (χ1n) is 6.12. The highest BCUT2D eigenvalue weighted by molar-refractivity contribution is 5.93. The Morgan fingerprint density at radius 3 is 2.57 bits per heavy atom. The molecule has 7 nitrogen and oxygen atoms in total. The number of carboxylic acids is 1. The number of aromatic hydroxyl groups is 1. The molecule has 0 aliphatic rings. The van der Waals surface area contributed by atoms with Gasteiger partial charge in [-0.05, 0) is 31.2 Å². The van der Waals surface area contributed by atoms with E-state index in [0.717, 1.165) is 5.76 Å². The van der Waals surface area contributed by atoms with E-state index < -0.39 is 17.7 Å². The van der Waals surface area contributed by atoms with Gasteiger partial charge in [-0.2, -0.15) is 0 Å². The van der Waals surface area contributed by atoms with Crippen molar-refractivity contribution in [1.29, 1.82) is 0 Å². The molecule has 0 bridgehead atoms. The average molecular weight is 290 g/mol. The molecule has 7 heteroatoms. The molecule has 0 radical (unpaired) electrons. The number of anilines is 1. The van der Waals surface area contributed by atoms with Gasteiger partial charge in [0.05, 0.1) is 6.54 Å². The standard InChI is InChI=1S/C14H14N2O5/c1-8-2-4-10(21-8)7-15-14(20)16-9-3-5-11(13(18)19)12(17)6-9/h2-6,17H,7H2,1H3,(H,18,19)(H2,15,16,20). The molecule has 2 rings (SSSR count). The summed E-state index contributed by atoms with van der Waals surface area (Å²) in [5.74, 6) is -0.285. The first-order valence-corrected chi connectivity index (χ1v) is 6.12. The number of carbonyl (C=O) groups is 2. The number of rotatable bonds is 4. The topological polar surface area (TPSA) is 112 Å². The van der Waals surface area contributed by atoms with Crippen molar-refractivity contribution >= 4 is 17.7 Å². The Bertz CT molecular complexity index is 678. The number of phenols is 1. The number of nitrogens with one attached hydrogen (secondary N) is 2. The minimum absolute atomic E-state index is 0.221. The third-order valence-corrected chi connectivity index (χ3v) is 2.71. The monoisotopic (exact) mass is 290 g/mol. The van der Waals surface area contributed by atoms with E-state index in [1.165, 1.54) is 18.2 Å². The molecule has 110 valence electrons. The van der Waals surface area contributed by atoms with Gasteiger partial charge in [-0.3, -0.25) is 0 Å². The van der Waals surface area contributed by atoms with E-state index in [-0.39, 0.29) is 17.8 Å². The molecule has 21 heavy (non-hydrogen) atoms. The normalized spacial score (nSPS) is 10.1. The third kappa shape index (κ3) is 3.75. The minimum atomic E-state index is -1.24. The van der Waals surface area contributed by atoms with Crippen molar-refractivity contribution in [3.8, 4) is 5.75 Å². The lowest BCUT2D eigenvalue weighted by Crippen LogP contribution is -2.28. The fourth-order valence-corrected chi connectivity index (χ4v) is 1.71. The van der Waals surface area contributed by atoms with Crippen LogP contribution >= 0.6 is 0 Å². The van der Waals surface area contributed by atoms with Crippen molar-refractivity contribution in [3.63, 3.8) is 0 Å². The second-order valence-corrected chi connectivity index (χ2v) is 4.36. The smallest absolute Gasteiger partial charge is 0.339 e. The lowest BCUT2D eigenvalue weighted by Gasteiger charge is -2.08. The Morgan fingerprint density at radius 2 is 2.00 bits per heavy atom. The van der Waals surface area contributed by atoms with Crippen molar-refractivity contribution in [2.75, 3.05) is 5.32 Å². The maximum Gasteiger partial charge on any atom is 0.339 e. The van der Waals surface area contributed by atoms with E-state index in [4.69, 9.17) is 9.52 Å². The van der Waals surface area contributed by atoms with Crippen LogP contribution in [0.5, 0.6) is 5.75 Å². The SMILES string of the molecule is Cc1ccc(CNC(=O)Nc2ccc(C(=O)O)c(O)c2)o1. The second-order valence-electron chi connectivity index (χ2n) is 4.36. The molecule has 0 saturated carbocycles. The number of carboxylic acid groups (broad SMARTS) is 1. The molecule has 1 heterocycles. The summed E-state index contributed by atoms with van der Waals surface area (Å²) >= 11 is 0. The first-order chi connectivity index (χ1) is 9.95. The van der Waals surface area contributed by atoms with E-state index in [1.54, 1.807) is 19.1 Å². The highest BCUT2D eigenvalue weighted by Gasteiger charge is 2.11. The second kappa shape index (κ2) is 6.00. The number of hydrogen-bond acceptors (Lipinski definition) is 4. The summed E-state index contributed by atoms with van der Waals surface area (Å²) in [7, 11) is 0. The number of benzene rings is 1. The molecular formula is C14H14N2O5. The lowest BCUT2D eigenvalue weighted by molar-refractivity contribution is 0.0694. The largest absolute Gasteiger partial charge is 0.507 e. The highest BCUT2D eigenvalue weighted by Crippen LogP contribution is 2.21. The maximum atomic E-state index is 11.7. The molecule has 0 fully saturated rings. The van der Waals surface area contributed by atoms with Gasteiger partial charge in [0.15, 0.2) is 0 Å². The van der Waals surface area contributed by atoms with Crippen molar-refractivity contribution in [3.05, 3.63) is 47.4 Å². The van der Waals surface area contributed by atoms with Gasteiger partial charge < -0.3 is 25.3 Å². The van der Waals surface area contributed by atoms with Crippen LogP contribution in [-0.4, -0.2) is 22.2 Å². The predicted molar refractivity (Wildman–Crippen MR) is 74.4 cm³/mol. The van der Waals surface area contributed by atoms with Crippen molar-refractivity contribution in [2.45, 2.75) is 13.5 Å². The lowest BCUT2D eigenvalue weighted by atomic mass is 10.2. The van der Waals surface area contributed by atoms with Gasteiger partial charge in [0.2, 0.25) is 0 Å². The van der Waals surface area contributed by atoms with Crippen LogP contribution in [0, 0.1) is 6.92 Å². The summed E-state index contributed by atoms with van der Waals surface area (Å²) in [4.78, 5) is 22.4. The van der Waals surface area contributed by atoms with Crippen molar-refractivity contribution in [2.24, 2.45) is 0 Å². The molecule has 0 unspecified atom stereocenters. The molecule has 4 N–H and O–H groups in total. The number of aryl methyl sites for hydroxylation is 1. The van der Waals surface area contributed by atoms with Gasteiger partial charge in [0.25, 0.3) is 0 Å². The molecule has 0 saturated heterocycles. The van der Waals surface area contributed by atoms with E-state index in [0.29, 0.717) is 5.76 Å². The van der Waals surface area contributed by atoms with E-state index >= 15 is 0 Å². The van der Waals surface area contributed by atoms with Gasteiger partial charge in [0.1, 0.15) is 22.8 Å². The minimum Gasteiger partial charge on any atom is -0.507 e. The molecule has 1 aromatic heterocycles. The molecule has 0 atom stereocenters. The fraction of sp³-hybridized carbons (Fsp3) is 0.143. The Labute approximate surface area is 120 Å². The van der Waals surface area contributed by atoms with Crippen LogP contribution in [0.2, 0.25) is 0 Å². The van der Waals surface area contributed by atoms with Crippen LogP contribution < -0.4 is 10.6 Å². The zero-order valence-corrected chi connectivity index (χ0v) is 11.2. The molecule has 2 aromatic rings. The van der Waals surface area contributed by atoms with Crippen LogP contribution in [0.15, 0.2) is 34.7 Å². The Kier molecular flexibility index (Phi) is 4.13. The van der Waals surface area contributed by atoms with Crippen LogP contribution in [0.1, 0.15) is 21.9 Å². The maximum absolute atomic E-state index is 11.7. The number of hydrogen-bond donors (Lipinski definition) is 4. The number of aromatic carboxylic acids is 1. The van der Waals surface area contributed by atoms with E-state index in [9.17, 15) is 14.7 Å². The van der Waals surface area contributed by atoms with Crippen molar-refractivity contribution < 1.29 is 24.2 Å². The Morgan fingerprint density at radius 1 is 1.24 bits per heavy atom. The summed E-state index contributed by atoms with van der Waals surface area (Å²) in [6.07, 6.45) is 0. The number of furan rings is 1. The molecule has 2 amide bonds. The van der Waals surface area contributed by atoms with Gasteiger partial charge >= 0.3 is 12.0 Å². The predicted octanol–water partition coefficient (Wildman–Crippen LogP) is 2.31. The van der Waals surface area contributed by atoms with Crippen molar-refractivity contribution in [1.82, 2.24) is 5.32 Å². The van der Waals surface area contributed by atoms with Gasteiger partial charge in [-0.1, -0.05) is 0 Å². The summed E-state index contributed by atoms with van der Waals surface area (Å²) in [6.45, 7) is 2.02. The molecule has 1 aromatic carbocycles. The Hall–Kier alpha value is -2.96. The molecule has 0 aliphatic heterocycles. The third-order valence-electron chi connectivity index (χ3n) is 2.71. The van der Waals surface area contributed by atoms with Gasteiger partial charge in [0, 0.05) is 11.8 Å². The summed E-state index contributed by atoms with van der Waals surface area (Å²) in [5.41, 5.74) is 0.0534. The first kappa shape index (κ1) is 14.4. The fourth-order valence-electron chi connectivity index (χ4n) is 1.71. The quantitative estimate of drug-likeness (QED) is 0.690. The zero-order chi connectivity index (χ0) is 15.4. The summed E-state index contributed by atoms with van der Waals surface area (Å²) in [5, 5.41) is 23.4. The van der Waals surface area contributed by atoms with E-state index in [1.807, 2.05) is 0 Å². The molecule has 0 spiro atoms. The number of urea groups is 1.